The minimum absolute atomic E-state index is 0.614. The molecule has 0 aromatic carbocycles. The predicted octanol–water partition coefficient (Wildman–Crippen LogP) is 3.86. The smallest absolute Gasteiger partial charge is 0.137 e. The van der Waals surface area contributed by atoms with Crippen LogP contribution in [-0.4, -0.2) is 29.1 Å². The van der Waals surface area contributed by atoms with Crippen LogP contribution in [0.5, 0.6) is 0 Å². The lowest BCUT2D eigenvalue weighted by Crippen LogP contribution is -2.27. The molecule has 3 aliphatic rings. The van der Waals surface area contributed by atoms with Crippen molar-refractivity contribution in [3.8, 4) is 0 Å². The lowest BCUT2D eigenvalue weighted by molar-refractivity contribution is 0.726. The molecule has 0 unspecified atom stereocenters. The zero-order chi connectivity index (χ0) is 15.1. The first kappa shape index (κ1) is 14.3. The minimum atomic E-state index is 0.614. The van der Waals surface area contributed by atoms with Crippen LogP contribution in [0.2, 0.25) is 0 Å². The molecular weight excluding hydrogens is 272 g/mol. The first-order valence-corrected chi connectivity index (χ1v) is 9.12. The standard InChI is InChI=1S/C18H28N4/c1-12-11-15(12)19-16-13(2)18(21-17(20-16)14-7-8-14)22-9-5-3-4-6-10-22/h12,14-15H,3-11H2,1-2H3,(H,19,20,21)/t12-,15-/m0/s1. The molecule has 0 radical (unpaired) electrons. The van der Waals surface area contributed by atoms with Crippen molar-refractivity contribution in [1.29, 1.82) is 0 Å². The van der Waals surface area contributed by atoms with Crippen LogP contribution in [0.4, 0.5) is 11.6 Å². The monoisotopic (exact) mass is 300 g/mol. The molecule has 4 rings (SSSR count). The van der Waals surface area contributed by atoms with Crippen molar-refractivity contribution in [2.45, 2.75) is 70.8 Å². The lowest BCUT2D eigenvalue weighted by Gasteiger charge is -2.25. The average molecular weight is 300 g/mol. The molecule has 1 aromatic heterocycles. The second kappa shape index (κ2) is 5.71. The third-order valence-electron chi connectivity index (χ3n) is 5.42. The van der Waals surface area contributed by atoms with Gasteiger partial charge in [-0.25, -0.2) is 9.97 Å². The fourth-order valence-electron chi connectivity index (χ4n) is 3.48. The number of hydrogen-bond donors (Lipinski definition) is 1. The Morgan fingerprint density at radius 2 is 1.73 bits per heavy atom. The Morgan fingerprint density at radius 1 is 1.05 bits per heavy atom. The molecule has 2 aliphatic carbocycles. The highest BCUT2D eigenvalue weighted by molar-refractivity contribution is 5.60. The molecular formula is C18H28N4. The molecule has 2 heterocycles. The zero-order valence-electron chi connectivity index (χ0n) is 13.9. The molecule has 0 spiro atoms. The lowest BCUT2D eigenvalue weighted by atomic mass is 10.2. The van der Waals surface area contributed by atoms with E-state index >= 15 is 0 Å². The molecule has 2 saturated carbocycles. The third-order valence-corrected chi connectivity index (χ3v) is 5.42. The summed E-state index contributed by atoms with van der Waals surface area (Å²) in [6.45, 7) is 6.82. The highest BCUT2D eigenvalue weighted by atomic mass is 15.2. The number of hydrogen-bond acceptors (Lipinski definition) is 4. The first-order valence-electron chi connectivity index (χ1n) is 9.12. The molecule has 0 bridgehead atoms. The van der Waals surface area contributed by atoms with E-state index < -0.39 is 0 Å². The van der Waals surface area contributed by atoms with Crippen molar-refractivity contribution in [2.75, 3.05) is 23.3 Å². The quantitative estimate of drug-likeness (QED) is 0.916. The SMILES string of the molecule is Cc1c(N[C@H]2C[C@@H]2C)nc(C2CC2)nc1N1CCCCCC1. The first-order chi connectivity index (χ1) is 10.7. The zero-order valence-corrected chi connectivity index (χ0v) is 13.9. The van der Waals surface area contributed by atoms with Gasteiger partial charge in [-0.3, -0.25) is 0 Å². The van der Waals surface area contributed by atoms with Crippen molar-refractivity contribution in [2.24, 2.45) is 5.92 Å². The van der Waals surface area contributed by atoms with Gasteiger partial charge in [0.05, 0.1) is 0 Å². The molecule has 120 valence electrons. The van der Waals surface area contributed by atoms with Crippen LogP contribution in [0.25, 0.3) is 0 Å². The molecule has 22 heavy (non-hydrogen) atoms. The summed E-state index contributed by atoms with van der Waals surface area (Å²) in [4.78, 5) is 12.4. The Bertz CT molecular complexity index is 544. The molecule has 1 saturated heterocycles. The second-order valence-electron chi connectivity index (χ2n) is 7.52. The minimum Gasteiger partial charge on any atom is -0.367 e. The summed E-state index contributed by atoms with van der Waals surface area (Å²) in [5.41, 5.74) is 1.26. The highest BCUT2D eigenvalue weighted by Crippen LogP contribution is 2.41. The van der Waals surface area contributed by atoms with Crippen molar-refractivity contribution >= 4 is 11.6 Å². The Kier molecular flexibility index (Phi) is 3.71. The topological polar surface area (TPSA) is 41.1 Å². The summed E-state index contributed by atoms with van der Waals surface area (Å²) < 4.78 is 0. The van der Waals surface area contributed by atoms with Crippen LogP contribution in [0.1, 0.15) is 69.2 Å². The van der Waals surface area contributed by atoms with E-state index in [9.17, 15) is 0 Å². The van der Waals surface area contributed by atoms with E-state index in [1.165, 1.54) is 56.3 Å². The van der Waals surface area contributed by atoms with E-state index in [1.54, 1.807) is 0 Å². The fourth-order valence-corrected chi connectivity index (χ4v) is 3.48. The van der Waals surface area contributed by atoms with E-state index in [2.05, 4.69) is 24.1 Å². The van der Waals surface area contributed by atoms with Gasteiger partial charge < -0.3 is 10.2 Å². The van der Waals surface area contributed by atoms with Crippen molar-refractivity contribution in [3.05, 3.63) is 11.4 Å². The highest BCUT2D eigenvalue weighted by Gasteiger charge is 2.35. The molecule has 3 fully saturated rings. The molecule has 1 aliphatic heterocycles. The number of nitrogens with one attached hydrogen (secondary N) is 1. The van der Waals surface area contributed by atoms with Gasteiger partial charge in [0.15, 0.2) is 0 Å². The van der Waals surface area contributed by atoms with Gasteiger partial charge in [-0.05, 0) is 44.9 Å². The molecule has 4 heteroatoms. The molecule has 1 N–H and O–H groups in total. The van der Waals surface area contributed by atoms with Gasteiger partial charge in [0.25, 0.3) is 0 Å². The average Bonchev–Trinajstić information content (AvgIpc) is 3.37. The van der Waals surface area contributed by atoms with Gasteiger partial charge in [0.2, 0.25) is 0 Å². The summed E-state index contributed by atoms with van der Waals surface area (Å²) in [6, 6.07) is 0.623. The van der Waals surface area contributed by atoms with Crippen LogP contribution < -0.4 is 10.2 Å². The maximum Gasteiger partial charge on any atom is 0.137 e. The number of nitrogens with zero attached hydrogens (tertiary/aromatic N) is 3. The van der Waals surface area contributed by atoms with Crippen LogP contribution in [0.3, 0.4) is 0 Å². The van der Waals surface area contributed by atoms with Gasteiger partial charge >= 0.3 is 0 Å². The van der Waals surface area contributed by atoms with E-state index in [4.69, 9.17) is 9.97 Å². The molecule has 2 atom stereocenters. The van der Waals surface area contributed by atoms with Gasteiger partial charge in [-0.1, -0.05) is 19.8 Å². The Labute approximate surface area is 133 Å². The fraction of sp³-hybridized carbons (Fsp3) is 0.778. The summed E-state index contributed by atoms with van der Waals surface area (Å²) in [5, 5.41) is 3.67. The Hall–Kier alpha value is -1.32. The number of anilines is 2. The van der Waals surface area contributed by atoms with E-state index in [0.717, 1.165) is 30.6 Å². The molecule has 1 aromatic rings. The summed E-state index contributed by atoms with van der Waals surface area (Å²) in [6.07, 6.45) is 9.13. The van der Waals surface area contributed by atoms with Gasteiger partial charge in [-0.15, -0.1) is 0 Å². The normalized spacial score (nSPS) is 28.4. The van der Waals surface area contributed by atoms with Crippen molar-refractivity contribution in [1.82, 2.24) is 9.97 Å². The maximum atomic E-state index is 4.98. The summed E-state index contributed by atoms with van der Waals surface area (Å²) >= 11 is 0. The molecule has 0 amide bonds. The Balaban J connectivity index is 1.65. The van der Waals surface area contributed by atoms with Crippen LogP contribution in [-0.2, 0) is 0 Å². The van der Waals surface area contributed by atoms with E-state index in [0.29, 0.717) is 12.0 Å². The van der Waals surface area contributed by atoms with Crippen LogP contribution >= 0.6 is 0 Å². The maximum absolute atomic E-state index is 4.98. The van der Waals surface area contributed by atoms with E-state index in [-0.39, 0.29) is 0 Å². The summed E-state index contributed by atoms with van der Waals surface area (Å²) in [7, 11) is 0. The van der Waals surface area contributed by atoms with Crippen molar-refractivity contribution < 1.29 is 0 Å². The third kappa shape index (κ3) is 2.92. The number of aromatic nitrogens is 2. The molecule has 4 nitrogen and oxygen atoms in total. The summed E-state index contributed by atoms with van der Waals surface area (Å²) in [5.74, 6) is 4.80. The Morgan fingerprint density at radius 3 is 2.32 bits per heavy atom. The van der Waals surface area contributed by atoms with Crippen LogP contribution in [0.15, 0.2) is 0 Å². The van der Waals surface area contributed by atoms with Crippen LogP contribution in [0, 0.1) is 12.8 Å². The number of rotatable bonds is 4. The van der Waals surface area contributed by atoms with E-state index in [1.807, 2.05) is 0 Å². The van der Waals surface area contributed by atoms with Crippen molar-refractivity contribution in [3.63, 3.8) is 0 Å². The van der Waals surface area contributed by atoms with Gasteiger partial charge in [0, 0.05) is 30.6 Å². The van der Waals surface area contributed by atoms with Gasteiger partial charge in [-0.2, -0.15) is 0 Å². The van der Waals surface area contributed by atoms with Gasteiger partial charge in [0.1, 0.15) is 17.5 Å². The largest absolute Gasteiger partial charge is 0.367 e. The predicted molar refractivity (Wildman–Crippen MR) is 90.6 cm³/mol. The second-order valence-corrected chi connectivity index (χ2v) is 7.52.